The minimum absolute atomic E-state index is 0.323. The van der Waals surface area contributed by atoms with Crippen molar-refractivity contribution in [1.82, 2.24) is 5.32 Å². The fourth-order valence-electron chi connectivity index (χ4n) is 2.18. The first kappa shape index (κ1) is 15.4. The first-order valence-corrected chi connectivity index (χ1v) is 7.55. The molecule has 0 fully saturated rings. The second kappa shape index (κ2) is 6.63. The maximum atomic E-state index is 14.2. The minimum Gasteiger partial charge on any atom is -0.306 e. The molecule has 0 saturated heterocycles. The van der Waals surface area contributed by atoms with E-state index in [1.807, 2.05) is 31.2 Å². The van der Waals surface area contributed by atoms with Gasteiger partial charge in [0.2, 0.25) is 0 Å². The molecule has 2 rings (SSSR count). The third kappa shape index (κ3) is 3.17. The van der Waals surface area contributed by atoms with Crippen molar-refractivity contribution in [3.63, 3.8) is 0 Å². The molecule has 106 valence electrons. The maximum absolute atomic E-state index is 14.2. The Labute approximate surface area is 131 Å². The third-order valence-corrected chi connectivity index (χ3v) is 4.20. The van der Waals surface area contributed by atoms with E-state index in [1.54, 1.807) is 6.92 Å². The summed E-state index contributed by atoms with van der Waals surface area (Å²) in [5.74, 6) is -0.759. The number of nitrogens with one attached hydrogen (secondary N) is 1. The highest BCUT2D eigenvalue weighted by molar-refractivity contribution is 14.1. The molecule has 0 amide bonds. The average molecular weight is 387 g/mol. The van der Waals surface area contributed by atoms with E-state index in [0.29, 0.717) is 17.7 Å². The molecular formula is C16H16F2IN. The van der Waals surface area contributed by atoms with Gasteiger partial charge in [-0.25, -0.2) is 8.78 Å². The maximum Gasteiger partial charge on any atom is 0.128 e. The Kier molecular flexibility index (Phi) is 5.10. The Bertz CT molecular complexity index is 613. The summed E-state index contributed by atoms with van der Waals surface area (Å²) in [5.41, 5.74) is 1.63. The van der Waals surface area contributed by atoms with Crippen LogP contribution >= 0.6 is 22.6 Å². The van der Waals surface area contributed by atoms with E-state index in [2.05, 4.69) is 27.9 Å². The molecule has 2 aromatic rings. The number of rotatable bonds is 4. The van der Waals surface area contributed by atoms with Crippen LogP contribution in [0.1, 0.15) is 29.7 Å². The quantitative estimate of drug-likeness (QED) is 0.758. The molecule has 0 aromatic heterocycles. The van der Waals surface area contributed by atoms with E-state index in [4.69, 9.17) is 0 Å². The van der Waals surface area contributed by atoms with Crippen LogP contribution in [0.15, 0.2) is 36.4 Å². The molecule has 0 aliphatic rings. The molecule has 1 atom stereocenters. The van der Waals surface area contributed by atoms with Gasteiger partial charge in [0, 0.05) is 9.13 Å². The number of hydrogen-bond donors (Lipinski definition) is 1. The summed E-state index contributed by atoms with van der Waals surface area (Å²) in [7, 11) is 0. The van der Waals surface area contributed by atoms with Gasteiger partial charge < -0.3 is 5.32 Å². The van der Waals surface area contributed by atoms with Gasteiger partial charge in [0.25, 0.3) is 0 Å². The lowest BCUT2D eigenvalue weighted by Crippen LogP contribution is -2.24. The standard InChI is InChI=1S/C16H16F2IN/c1-3-20-16(11-6-4-5-7-15(11)19)12-9-13(17)10(2)8-14(12)18/h4-9,16,20H,3H2,1-2H3. The predicted molar refractivity (Wildman–Crippen MR) is 85.8 cm³/mol. The van der Waals surface area contributed by atoms with Gasteiger partial charge in [-0.1, -0.05) is 25.1 Å². The Morgan fingerprint density at radius 1 is 1.10 bits per heavy atom. The summed E-state index contributed by atoms with van der Waals surface area (Å²) in [6, 6.07) is 9.94. The first-order chi connectivity index (χ1) is 9.54. The molecule has 0 spiro atoms. The van der Waals surface area contributed by atoms with Crippen molar-refractivity contribution in [2.24, 2.45) is 0 Å². The molecule has 2 aromatic carbocycles. The highest BCUT2D eigenvalue weighted by Gasteiger charge is 2.20. The zero-order valence-corrected chi connectivity index (χ0v) is 13.5. The summed E-state index contributed by atoms with van der Waals surface area (Å²) in [6.07, 6.45) is 0. The third-order valence-electron chi connectivity index (χ3n) is 3.21. The summed E-state index contributed by atoms with van der Waals surface area (Å²) in [5, 5.41) is 3.23. The zero-order valence-electron chi connectivity index (χ0n) is 11.4. The lowest BCUT2D eigenvalue weighted by molar-refractivity contribution is 0.540. The van der Waals surface area contributed by atoms with Gasteiger partial charge in [0.05, 0.1) is 6.04 Å². The molecular weight excluding hydrogens is 371 g/mol. The van der Waals surface area contributed by atoms with Gasteiger partial charge in [-0.2, -0.15) is 0 Å². The van der Waals surface area contributed by atoms with Gasteiger partial charge in [0.15, 0.2) is 0 Å². The topological polar surface area (TPSA) is 12.0 Å². The number of halogens is 3. The molecule has 1 N–H and O–H groups in total. The molecule has 0 saturated carbocycles. The molecule has 0 radical (unpaired) electrons. The fraction of sp³-hybridized carbons (Fsp3) is 0.250. The van der Waals surface area contributed by atoms with Crippen LogP contribution in [0.3, 0.4) is 0 Å². The van der Waals surface area contributed by atoms with Crippen LogP contribution < -0.4 is 5.32 Å². The van der Waals surface area contributed by atoms with Crippen molar-refractivity contribution in [2.45, 2.75) is 19.9 Å². The fourth-order valence-corrected chi connectivity index (χ4v) is 2.88. The minimum atomic E-state index is -0.380. The van der Waals surface area contributed by atoms with Crippen molar-refractivity contribution in [1.29, 1.82) is 0 Å². The van der Waals surface area contributed by atoms with Crippen LogP contribution in [-0.2, 0) is 0 Å². The van der Waals surface area contributed by atoms with Crippen molar-refractivity contribution >= 4 is 22.6 Å². The zero-order chi connectivity index (χ0) is 14.7. The molecule has 0 aliphatic carbocycles. The average Bonchev–Trinajstić information content (AvgIpc) is 2.42. The molecule has 0 heterocycles. The van der Waals surface area contributed by atoms with Crippen molar-refractivity contribution < 1.29 is 8.78 Å². The monoisotopic (exact) mass is 387 g/mol. The summed E-state index contributed by atoms with van der Waals surface area (Å²) in [4.78, 5) is 0. The second-order valence-corrected chi connectivity index (χ2v) is 5.80. The molecule has 20 heavy (non-hydrogen) atoms. The highest BCUT2D eigenvalue weighted by Crippen LogP contribution is 2.29. The smallest absolute Gasteiger partial charge is 0.128 e. The molecule has 4 heteroatoms. The van der Waals surface area contributed by atoms with Gasteiger partial charge in [-0.3, -0.25) is 0 Å². The largest absolute Gasteiger partial charge is 0.306 e. The van der Waals surface area contributed by atoms with Crippen LogP contribution in [-0.4, -0.2) is 6.54 Å². The van der Waals surface area contributed by atoms with E-state index in [9.17, 15) is 8.78 Å². The predicted octanol–water partition coefficient (Wildman–Crippen LogP) is 4.58. The Hall–Kier alpha value is -1.01. The van der Waals surface area contributed by atoms with Crippen LogP contribution in [0.5, 0.6) is 0 Å². The molecule has 0 aliphatic heterocycles. The van der Waals surface area contributed by atoms with Crippen molar-refractivity contribution in [3.05, 3.63) is 68.3 Å². The molecule has 0 bridgehead atoms. The Balaban J connectivity index is 2.54. The van der Waals surface area contributed by atoms with Gasteiger partial charge >= 0.3 is 0 Å². The first-order valence-electron chi connectivity index (χ1n) is 6.48. The lowest BCUT2D eigenvalue weighted by Gasteiger charge is -2.21. The summed E-state index contributed by atoms with van der Waals surface area (Å²) < 4.78 is 29.0. The van der Waals surface area contributed by atoms with Crippen LogP contribution in [0.4, 0.5) is 8.78 Å². The Morgan fingerprint density at radius 2 is 1.80 bits per heavy atom. The van der Waals surface area contributed by atoms with E-state index < -0.39 is 0 Å². The second-order valence-electron chi connectivity index (χ2n) is 4.64. The SMILES string of the molecule is CCNC(c1cc(F)c(C)cc1F)c1ccccc1I. The summed E-state index contributed by atoms with van der Waals surface area (Å²) in [6.45, 7) is 4.19. The van der Waals surface area contributed by atoms with Gasteiger partial charge in [0.1, 0.15) is 11.6 Å². The van der Waals surface area contributed by atoms with Crippen molar-refractivity contribution in [3.8, 4) is 0 Å². The van der Waals surface area contributed by atoms with Gasteiger partial charge in [-0.05, 0) is 65.4 Å². The van der Waals surface area contributed by atoms with Crippen LogP contribution in [0, 0.1) is 22.1 Å². The van der Waals surface area contributed by atoms with E-state index in [-0.39, 0.29) is 17.7 Å². The van der Waals surface area contributed by atoms with E-state index in [1.165, 1.54) is 12.1 Å². The van der Waals surface area contributed by atoms with E-state index >= 15 is 0 Å². The lowest BCUT2D eigenvalue weighted by atomic mass is 9.97. The summed E-state index contributed by atoms with van der Waals surface area (Å²) >= 11 is 2.21. The van der Waals surface area contributed by atoms with Crippen LogP contribution in [0.25, 0.3) is 0 Å². The van der Waals surface area contributed by atoms with Gasteiger partial charge in [-0.15, -0.1) is 0 Å². The van der Waals surface area contributed by atoms with E-state index in [0.717, 1.165) is 9.13 Å². The molecule has 1 unspecified atom stereocenters. The normalized spacial score (nSPS) is 12.4. The van der Waals surface area contributed by atoms with Crippen LogP contribution in [0.2, 0.25) is 0 Å². The number of hydrogen-bond acceptors (Lipinski definition) is 1. The Morgan fingerprint density at radius 3 is 2.45 bits per heavy atom. The molecule has 1 nitrogen and oxygen atoms in total. The number of benzene rings is 2. The highest BCUT2D eigenvalue weighted by atomic mass is 127. The number of aryl methyl sites for hydroxylation is 1. The van der Waals surface area contributed by atoms with Crippen molar-refractivity contribution in [2.75, 3.05) is 6.54 Å².